The molecule has 2 N–H and O–H groups in total. The summed E-state index contributed by atoms with van der Waals surface area (Å²) in [5, 5.41) is 12.5. The molecular weight excluding hydrogens is 206 g/mol. The molecule has 0 aliphatic rings. The maximum Gasteiger partial charge on any atom is 0.218 e. The fourth-order valence-electron chi connectivity index (χ4n) is 1.54. The van der Waals surface area contributed by atoms with E-state index in [9.17, 15) is 5.11 Å². The van der Waals surface area contributed by atoms with E-state index in [2.05, 4.69) is 15.3 Å². The van der Waals surface area contributed by atoms with Crippen LogP contribution in [0.25, 0.3) is 0 Å². The molecule has 5 heteroatoms. The summed E-state index contributed by atoms with van der Waals surface area (Å²) in [5.41, 5.74) is 0. The van der Waals surface area contributed by atoms with Crippen LogP contribution in [-0.4, -0.2) is 34.3 Å². The summed E-state index contributed by atoms with van der Waals surface area (Å²) in [5.74, 6) is 1.92. The lowest BCUT2D eigenvalue weighted by Crippen LogP contribution is -2.21. The molecule has 0 aliphatic heterocycles. The van der Waals surface area contributed by atoms with Crippen LogP contribution in [-0.2, 0) is 0 Å². The van der Waals surface area contributed by atoms with Crippen molar-refractivity contribution in [3.05, 3.63) is 11.9 Å². The minimum atomic E-state index is -0.327. The lowest BCUT2D eigenvalue weighted by molar-refractivity contribution is 0.179. The van der Waals surface area contributed by atoms with E-state index in [0.29, 0.717) is 18.1 Å². The predicted molar refractivity (Wildman–Crippen MR) is 62.7 cm³/mol. The number of nitrogens with zero attached hydrogens (tertiary/aromatic N) is 2. The number of hydrogen-bond donors (Lipinski definition) is 2. The van der Waals surface area contributed by atoms with Crippen molar-refractivity contribution in [3.63, 3.8) is 0 Å². The number of hydrogen-bond acceptors (Lipinski definition) is 5. The second-order valence-corrected chi connectivity index (χ2v) is 3.97. The second-order valence-electron chi connectivity index (χ2n) is 3.97. The van der Waals surface area contributed by atoms with Crippen LogP contribution in [0.1, 0.15) is 26.1 Å². The first kappa shape index (κ1) is 12.7. The van der Waals surface area contributed by atoms with Gasteiger partial charge in [-0.25, -0.2) is 4.98 Å². The van der Waals surface area contributed by atoms with Crippen molar-refractivity contribution in [2.24, 2.45) is 0 Å². The van der Waals surface area contributed by atoms with Gasteiger partial charge >= 0.3 is 0 Å². The Morgan fingerprint density at radius 1 is 1.44 bits per heavy atom. The summed E-state index contributed by atoms with van der Waals surface area (Å²) >= 11 is 0. The Bertz CT molecular complexity index is 342. The maximum absolute atomic E-state index is 9.26. The van der Waals surface area contributed by atoms with Gasteiger partial charge in [-0.2, -0.15) is 4.98 Å². The van der Waals surface area contributed by atoms with Crippen LogP contribution >= 0.6 is 0 Å². The molecule has 2 atom stereocenters. The van der Waals surface area contributed by atoms with E-state index in [1.165, 1.54) is 0 Å². The Morgan fingerprint density at radius 2 is 2.12 bits per heavy atom. The normalized spacial score (nSPS) is 14.3. The van der Waals surface area contributed by atoms with Crippen LogP contribution in [0.4, 0.5) is 5.82 Å². The van der Waals surface area contributed by atoms with Crippen molar-refractivity contribution < 1.29 is 9.84 Å². The van der Waals surface area contributed by atoms with E-state index in [1.54, 1.807) is 20.1 Å². The van der Waals surface area contributed by atoms with Gasteiger partial charge in [0.05, 0.1) is 13.2 Å². The number of rotatable bonds is 5. The van der Waals surface area contributed by atoms with Crippen molar-refractivity contribution in [1.82, 2.24) is 9.97 Å². The highest BCUT2D eigenvalue weighted by atomic mass is 16.5. The molecule has 0 aliphatic carbocycles. The Kier molecular flexibility index (Phi) is 4.49. The number of methoxy groups -OCH3 is 1. The molecule has 16 heavy (non-hydrogen) atoms. The zero-order chi connectivity index (χ0) is 12.1. The van der Waals surface area contributed by atoms with Gasteiger partial charge in [-0.15, -0.1) is 0 Å². The summed E-state index contributed by atoms with van der Waals surface area (Å²) in [6.07, 6.45) is 0.345. The average molecular weight is 225 g/mol. The van der Waals surface area contributed by atoms with E-state index >= 15 is 0 Å². The molecule has 0 radical (unpaired) electrons. The first-order chi connectivity index (χ1) is 7.51. The molecule has 1 aromatic heterocycles. The van der Waals surface area contributed by atoms with Gasteiger partial charge in [0.1, 0.15) is 11.6 Å². The number of nitrogens with one attached hydrogen (secondary N) is 1. The van der Waals surface area contributed by atoms with Gasteiger partial charge in [0.2, 0.25) is 5.88 Å². The fourth-order valence-corrected chi connectivity index (χ4v) is 1.54. The van der Waals surface area contributed by atoms with Gasteiger partial charge in [-0.05, 0) is 27.2 Å². The zero-order valence-electron chi connectivity index (χ0n) is 10.2. The van der Waals surface area contributed by atoms with Crippen LogP contribution in [0.3, 0.4) is 0 Å². The van der Waals surface area contributed by atoms with Crippen LogP contribution in [0.5, 0.6) is 5.88 Å². The minimum absolute atomic E-state index is 0.152. The Morgan fingerprint density at radius 3 is 2.69 bits per heavy atom. The summed E-state index contributed by atoms with van der Waals surface area (Å²) < 4.78 is 5.06. The zero-order valence-corrected chi connectivity index (χ0v) is 10.2. The van der Waals surface area contributed by atoms with E-state index in [1.807, 2.05) is 13.8 Å². The van der Waals surface area contributed by atoms with Gasteiger partial charge in [-0.1, -0.05) is 0 Å². The third-order valence-corrected chi connectivity index (χ3v) is 2.11. The second kappa shape index (κ2) is 5.65. The molecule has 1 heterocycles. The Labute approximate surface area is 95.9 Å². The maximum atomic E-state index is 9.26. The average Bonchev–Trinajstić information content (AvgIpc) is 2.14. The van der Waals surface area contributed by atoms with Gasteiger partial charge in [0, 0.05) is 12.1 Å². The highest BCUT2D eigenvalue weighted by Crippen LogP contribution is 2.14. The standard InChI is InChI=1S/C11H19N3O2/c1-7(5-8(2)15)12-10-6-11(16-4)14-9(3)13-10/h6-8,15H,5H2,1-4H3,(H,12,13,14). The summed E-state index contributed by atoms with van der Waals surface area (Å²) in [6, 6.07) is 1.89. The minimum Gasteiger partial charge on any atom is -0.481 e. The van der Waals surface area contributed by atoms with Crippen molar-refractivity contribution in [3.8, 4) is 5.88 Å². The molecule has 5 nitrogen and oxygen atoms in total. The number of ether oxygens (including phenoxy) is 1. The Balaban J connectivity index is 2.69. The van der Waals surface area contributed by atoms with Crippen LogP contribution in [0.2, 0.25) is 0 Å². The molecule has 0 bridgehead atoms. The number of aromatic nitrogens is 2. The van der Waals surface area contributed by atoms with Gasteiger partial charge in [0.25, 0.3) is 0 Å². The highest BCUT2D eigenvalue weighted by Gasteiger charge is 2.08. The fraction of sp³-hybridized carbons (Fsp3) is 0.636. The van der Waals surface area contributed by atoms with Crippen LogP contribution < -0.4 is 10.1 Å². The molecule has 0 spiro atoms. The molecule has 0 aromatic carbocycles. The first-order valence-electron chi connectivity index (χ1n) is 5.35. The van der Waals surface area contributed by atoms with E-state index in [0.717, 1.165) is 5.82 Å². The number of aliphatic hydroxyl groups is 1. The lowest BCUT2D eigenvalue weighted by atomic mass is 10.1. The lowest BCUT2D eigenvalue weighted by Gasteiger charge is -2.16. The van der Waals surface area contributed by atoms with Crippen molar-refractivity contribution in [1.29, 1.82) is 0 Å². The molecular formula is C11H19N3O2. The summed E-state index contributed by atoms with van der Waals surface area (Å²) in [4.78, 5) is 8.34. The number of aryl methyl sites for hydroxylation is 1. The van der Waals surface area contributed by atoms with Crippen molar-refractivity contribution in [2.75, 3.05) is 12.4 Å². The van der Waals surface area contributed by atoms with Crippen LogP contribution in [0.15, 0.2) is 6.07 Å². The molecule has 0 fully saturated rings. The van der Waals surface area contributed by atoms with E-state index in [-0.39, 0.29) is 12.1 Å². The molecule has 2 unspecified atom stereocenters. The SMILES string of the molecule is COc1cc(NC(C)CC(C)O)nc(C)n1. The number of aliphatic hydroxyl groups excluding tert-OH is 1. The molecule has 1 aromatic rings. The summed E-state index contributed by atoms with van der Waals surface area (Å²) in [6.45, 7) is 5.58. The molecule has 0 saturated carbocycles. The monoisotopic (exact) mass is 225 g/mol. The third-order valence-electron chi connectivity index (χ3n) is 2.11. The van der Waals surface area contributed by atoms with Crippen molar-refractivity contribution >= 4 is 5.82 Å². The van der Waals surface area contributed by atoms with Crippen LogP contribution in [0, 0.1) is 6.92 Å². The van der Waals surface area contributed by atoms with E-state index in [4.69, 9.17) is 4.74 Å². The molecule has 1 rings (SSSR count). The van der Waals surface area contributed by atoms with Gasteiger partial charge < -0.3 is 15.2 Å². The predicted octanol–water partition coefficient (Wildman–Crippen LogP) is 1.36. The summed E-state index contributed by atoms with van der Waals surface area (Å²) in [7, 11) is 1.57. The van der Waals surface area contributed by atoms with Gasteiger partial charge in [0.15, 0.2) is 0 Å². The smallest absolute Gasteiger partial charge is 0.218 e. The largest absolute Gasteiger partial charge is 0.481 e. The highest BCUT2D eigenvalue weighted by molar-refractivity contribution is 5.39. The van der Waals surface area contributed by atoms with Gasteiger partial charge in [-0.3, -0.25) is 0 Å². The molecule has 0 amide bonds. The van der Waals surface area contributed by atoms with E-state index < -0.39 is 0 Å². The molecule has 0 saturated heterocycles. The Hall–Kier alpha value is -1.36. The third kappa shape index (κ3) is 4.02. The van der Waals surface area contributed by atoms with Crippen molar-refractivity contribution in [2.45, 2.75) is 39.3 Å². The first-order valence-corrected chi connectivity index (χ1v) is 5.35. The topological polar surface area (TPSA) is 67.3 Å². The molecule has 90 valence electrons. The number of anilines is 1. The quantitative estimate of drug-likeness (QED) is 0.792.